The molecule has 1 unspecified atom stereocenters. The largest absolute Gasteiger partial charge is 0.508 e. The second-order valence-corrected chi connectivity index (χ2v) is 31.7. The number of nitrogens with two attached hydrogens (primary N) is 2. The Kier molecular flexibility index (Phi) is 31.7. The minimum absolute atomic E-state index is 0.00605. The highest BCUT2D eigenvalue weighted by Gasteiger charge is 2.47. The monoisotopic (exact) mass is 1630 g/mol. The molecule has 16 amide bonds. The van der Waals surface area contributed by atoms with Crippen molar-refractivity contribution in [2.24, 2.45) is 17.4 Å². The Balaban J connectivity index is 1.15. The normalized spacial score (nSPS) is 26.4. The first-order valence-corrected chi connectivity index (χ1v) is 40.9. The molecule has 5 aliphatic heterocycles. The molecule has 115 heavy (non-hydrogen) atoms. The quantitative estimate of drug-likeness (QED) is 0.0526. The van der Waals surface area contributed by atoms with Gasteiger partial charge in [-0.3, -0.25) is 76.7 Å². The van der Waals surface area contributed by atoms with Gasteiger partial charge in [-0.15, -0.1) is 0 Å². The molecule has 4 aromatic rings. The summed E-state index contributed by atoms with van der Waals surface area (Å²) in [5, 5.41) is 60.0. The summed E-state index contributed by atoms with van der Waals surface area (Å²) >= 11 is 0. The summed E-state index contributed by atoms with van der Waals surface area (Å²) in [7, 11) is 1.66. The third kappa shape index (κ3) is 24.1. The average molecular weight is 1630 g/mol. The van der Waals surface area contributed by atoms with Crippen molar-refractivity contribution in [3.63, 3.8) is 0 Å². The number of fused-ring (bicyclic) bond motifs is 8. The molecule has 4 aromatic carbocycles. The Bertz CT molecular complexity index is 4220. The van der Waals surface area contributed by atoms with Crippen molar-refractivity contribution in [1.29, 1.82) is 0 Å². The number of carbonyl (C=O) groups is 16. The molecule has 5 heterocycles. The topological polar surface area (TPSA) is 528 Å². The highest BCUT2D eigenvalue weighted by atomic mass is 33.1. The van der Waals surface area contributed by atoms with Crippen molar-refractivity contribution in [2.75, 3.05) is 44.3 Å². The third-order valence-corrected chi connectivity index (χ3v) is 23.2. The molecule has 2 bridgehead atoms. The highest BCUT2D eigenvalue weighted by molar-refractivity contribution is 8.76. The van der Waals surface area contributed by atoms with Crippen LogP contribution < -0.4 is 70.0 Å². The van der Waals surface area contributed by atoms with Crippen LogP contribution in [0.15, 0.2) is 103 Å². The molecule has 37 heteroatoms. The van der Waals surface area contributed by atoms with Gasteiger partial charge in [-0.25, -0.2) is 0 Å². The Morgan fingerprint density at radius 1 is 0.435 bits per heavy atom. The first kappa shape index (κ1) is 87.6. The van der Waals surface area contributed by atoms with Gasteiger partial charge in [0.1, 0.15) is 90.0 Å². The summed E-state index contributed by atoms with van der Waals surface area (Å²) in [5.74, 6) is -17.8. The van der Waals surface area contributed by atoms with Gasteiger partial charge in [-0.2, -0.15) is 0 Å². The lowest BCUT2D eigenvalue weighted by Crippen LogP contribution is -2.62. The van der Waals surface area contributed by atoms with E-state index in [-0.39, 0.29) is 95.3 Å². The number of carbonyl (C=O) groups excluding carboxylic acids is 16. The second-order valence-electron chi connectivity index (χ2n) is 29.2. The van der Waals surface area contributed by atoms with E-state index < -0.39 is 216 Å². The first-order chi connectivity index (χ1) is 55.0. The molecular formula is C78H100N16O19S2. The van der Waals surface area contributed by atoms with E-state index in [0.29, 0.717) is 29.5 Å². The van der Waals surface area contributed by atoms with Crippen LogP contribution in [0.25, 0.3) is 11.1 Å². The predicted molar refractivity (Wildman–Crippen MR) is 420 cm³/mol. The van der Waals surface area contributed by atoms with E-state index >= 15 is 33.6 Å². The lowest BCUT2D eigenvalue weighted by Gasteiger charge is -2.34. The van der Waals surface area contributed by atoms with Gasteiger partial charge >= 0.3 is 0 Å². The van der Waals surface area contributed by atoms with Crippen LogP contribution in [-0.4, -0.2) is 247 Å². The van der Waals surface area contributed by atoms with Crippen LogP contribution in [-0.2, 0) is 96.0 Å². The Labute approximate surface area is 671 Å². The molecule has 5 aliphatic rings. The molecule has 0 aliphatic carbocycles. The van der Waals surface area contributed by atoms with Crippen LogP contribution in [0.4, 0.5) is 0 Å². The number of hydrogen-bond donors (Lipinski definition) is 16. The molecule has 35 nitrogen and oxygen atoms in total. The van der Waals surface area contributed by atoms with Gasteiger partial charge in [0.15, 0.2) is 0 Å². The zero-order valence-corrected chi connectivity index (χ0v) is 65.6. The summed E-state index contributed by atoms with van der Waals surface area (Å²) in [6.07, 6.45) is -1.37. The maximum absolute atomic E-state index is 15.5. The maximum Gasteiger partial charge on any atom is 0.246 e. The van der Waals surface area contributed by atoms with Gasteiger partial charge in [0.05, 0.1) is 26.0 Å². The number of phenols is 2. The number of nitrogens with zero attached hydrogens (tertiary/aromatic N) is 3. The first-order valence-electron chi connectivity index (χ1n) is 38.4. The van der Waals surface area contributed by atoms with E-state index in [4.69, 9.17) is 11.5 Å². The number of primary amides is 2. The van der Waals surface area contributed by atoms with E-state index in [1.165, 1.54) is 58.3 Å². The Hall–Kier alpha value is -11.3. The van der Waals surface area contributed by atoms with Crippen LogP contribution in [0.5, 0.6) is 11.5 Å². The summed E-state index contributed by atoms with van der Waals surface area (Å²) < 4.78 is 0. The number of benzene rings is 4. The van der Waals surface area contributed by atoms with Crippen molar-refractivity contribution < 1.29 is 92.0 Å². The van der Waals surface area contributed by atoms with Gasteiger partial charge in [0.25, 0.3) is 0 Å². The molecule has 18 N–H and O–H groups in total. The van der Waals surface area contributed by atoms with E-state index in [1.807, 2.05) is 30.3 Å². The lowest BCUT2D eigenvalue weighted by atomic mass is 9.97. The number of aromatic hydroxyl groups is 2. The van der Waals surface area contributed by atoms with Crippen LogP contribution in [0.3, 0.4) is 0 Å². The number of aliphatic hydroxyl groups is 1. The highest BCUT2D eigenvalue weighted by Crippen LogP contribution is 2.30. The number of rotatable bonds is 16. The number of amides is 16. The Morgan fingerprint density at radius 2 is 0.843 bits per heavy atom. The molecule has 5 fully saturated rings. The standard InChI is InChI=1S/C78H100N16O19S2/c1-4-12-50-67(102)88-56(39-95)70(105)86-54(35-45-22-28-49(97)29-23-45)76(111)94-32-11-17-61(94)78(113)93-31-10-16-60(93)74(109)91-65(42(3)5-2)75(110)90-58-41-115-114-40-57(71(106)84-52(69(104)83-50)34-44-20-26-48(96)27-21-44)89-68(103)51(33-43-18-24-47(25-19-43)46-13-7-6-8-14-46)82-64(100)38-81-66(101)53(36-62(79)98)85-73(108)59-15-9-30-92(59)77(112)55(37-63(80)99)87-72(58)107/h6-8,13-14,18-29,42,50-61,65,95-97H,4-5,9-12,15-17,30-41H2,1-3H3,(H2,79,98)(H2,80,99)(H,81,101)(H,82,100)(H,83,104)(H,84,106)(H,85,108)(H,86,105)(H,87,107)(H,88,102)(H,89,103)(H,90,110)(H,91,109)/t42-,50?,51-,52-,53-,54-,55-,56-,57-,58-,59-,60-,61-,65-/m0/s1. The lowest BCUT2D eigenvalue weighted by molar-refractivity contribution is -0.148. The smallest absolute Gasteiger partial charge is 0.246 e. The maximum atomic E-state index is 15.5. The number of aliphatic hydroxyl groups excluding tert-OH is 1. The third-order valence-electron chi connectivity index (χ3n) is 20.8. The Morgan fingerprint density at radius 3 is 1.38 bits per heavy atom. The average Bonchev–Trinajstić information content (AvgIpc) is 1.68. The molecule has 0 spiro atoms. The summed E-state index contributed by atoms with van der Waals surface area (Å²) in [6.45, 7) is 2.97. The van der Waals surface area contributed by atoms with Crippen molar-refractivity contribution in [3.8, 4) is 22.6 Å². The summed E-state index contributed by atoms with van der Waals surface area (Å²) in [4.78, 5) is 237. The molecule has 0 saturated carbocycles. The molecule has 9 rings (SSSR count). The number of phenolic OH excluding ortho intramolecular Hbond substituents is 2. The molecular weight excluding hydrogens is 1530 g/mol. The fourth-order valence-electron chi connectivity index (χ4n) is 14.4. The number of nitrogens with one attached hydrogen (secondary N) is 11. The van der Waals surface area contributed by atoms with Crippen molar-refractivity contribution in [3.05, 3.63) is 120 Å². The molecule has 0 aromatic heterocycles. The minimum Gasteiger partial charge on any atom is -0.508 e. The van der Waals surface area contributed by atoms with Gasteiger partial charge < -0.3 is 100.0 Å². The molecule has 5 saturated heterocycles. The molecule has 0 radical (unpaired) electrons. The van der Waals surface area contributed by atoms with Gasteiger partial charge in [-0.05, 0) is 103 Å². The SMILES string of the molecule is CCCC1NC(=O)[C@H](Cc2ccc(O)cc2)NC(=O)[C@@H]2CSSC[C@H](NC(=O)[C@H]([C@@H](C)CC)NC(=O)[C@@H]3CCCN3C(=O)[C@@H]3CCCN3C(=O)[C@H](Cc3ccc(O)cc3)NC(=O)[C@H](CO)NC1=O)C(=O)N[C@@H](CC(N)=O)C(=O)N1CCC[C@H]1C(=O)N[C@@H](CC(N)=O)C(=O)NCC(=O)N[C@@H](Cc1ccc(-c3ccccc3)cc1)C(=O)N2. The van der Waals surface area contributed by atoms with E-state index in [2.05, 4.69) is 58.5 Å². The van der Waals surface area contributed by atoms with Crippen LogP contribution in [0.1, 0.15) is 108 Å². The summed E-state index contributed by atoms with van der Waals surface area (Å²) in [5.41, 5.74) is 14.2. The number of hydrogen-bond acceptors (Lipinski definition) is 21. The fraction of sp³-hybridized carbons (Fsp3) is 0.487. The van der Waals surface area contributed by atoms with Crippen LogP contribution in [0.2, 0.25) is 0 Å². The van der Waals surface area contributed by atoms with E-state index in [9.17, 15) is 58.5 Å². The second kappa shape index (κ2) is 41.6. The van der Waals surface area contributed by atoms with Gasteiger partial charge in [-0.1, -0.05) is 134 Å². The molecule has 14 atom stereocenters. The van der Waals surface area contributed by atoms with Crippen molar-refractivity contribution >= 4 is 116 Å². The van der Waals surface area contributed by atoms with E-state index in [0.717, 1.165) is 37.6 Å². The summed E-state index contributed by atoms with van der Waals surface area (Å²) in [6, 6.07) is 6.74. The molecule has 618 valence electrons. The van der Waals surface area contributed by atoms with Crippen LogP contribution >= 0.6 is 21.6 Å². The van der Waals surface area contributed by atoms with Gasteiger partial charge in [0.2, 0.25) is 94.5 Å². The van der Waals surface area contributed by atoms with E-state index in [1.54, 1.807) is 45.0 Å². The zero-order valence-electron chi connectivity index (χ0n) is 63.9. The van der Waals surface area contributed by atoms with Crippen molar-refractivity contribution in [2.45, 2.75) is 189 Å². The fourth-order valence-corrected chi connectivity index (χ4v) is 16.7. The van der Waals surface area contributed by atoms with Gasteiger partial charge in [0, 0.05) is 50.4 Å². The predicted octanol–water partition coefficient (Wildman–Crippen LogP) is -2.27. The zero-order chi connectivity index (χ0) is 83.2. The van der Waals surface area contributed by atoms with Crippen molar-refractivity contribution in [1.82, 2.24) is 73.2 Å². The minimum atomic E-state index is -1.85. The van der Waals surface area contributed by atoms with Crippen LogP contribution in [0, 0.1) is 5.92 Å².